The number of carbonyl (C=O) groups excluding carboxylic acids is 1. The van der Waals surface area contributed by atoms with Crippen LogP contribution in [0.15, 0.2) is 0 Å². The number of nitrogens with two attached hydrogens (primary N) is 1. The van der Waals surface area contributed by atoms with E-state index in [-0.39, 0.29) is 29.9 Å². The number of carbonyl (C=O) groups is 1. The summed E-state index contributed by atoms with van der Waals surface area (Å²) in [7, 11) is 0. The molecule has 0 bridgehead atoms. The Morgan fingerprint density at radius 3 is 2.28 bits per heavy atom. The molecule has 2 atom stereocenters. The molecule has 0 aliphatic rings. The van der Waals surface area contributed by atoms with Crippen molar-refractivity contribution in [2.45, 2.75) is 46.7 Å². The van der Waals surface area contributed by atoms with Crippen LogP contribution in [0.4, 0.5) is 0 Å². The van der Waals surface area contributed by atoms with E-state index in [0.717, 1.165) is 0 Å². The zero-order chi connectivity index (χ0) is 14.3. The van der Waals surface area contributed by atoms with E-state index >= 15 is 0 Å². The van der Waals surface area contributed by atoms with Gasteiger partial charge in [0.15, 0.2) is 0 Å². The second-order valence-electron chi connectivity index (χ2n) is 6.12. The van der Waals surface area contributed by atoms with Gasteiger partial charge in [0.25, 0.3) is 0 Å². The Morgan fingerprint density at radius 2 is 1.89 bits per heavy atom. The van der Waals surface area contributed by atoms with Crippen molar-refractivity contribution >= 4 is 5.91 Å². The number of rotatable bonds is 7. The third-order valence-corrected chi connectivity index (χ3v) is 3.02. The van der Waals surface area contributed by atoms with Crippen LogP contribution in [0.25, 0.3) is 0 Å². The van der Waals surface area contributed by atoms with Crippen molar-refractivity contribution in [1.29, 1.82) is 0 Å². The third kappa shape index (κ3) is 6.33. The van der Waals surface area contributed by atoms with Crippen LogP contribution in [0, 0.1) is 11.3 Å². The molecule has 0 saturated carbocycles. The molecular weight excluding hydrogens is 230 g/mol. The van der Waals surface area contributed by atoms with Gasteiger partial charge >= 0.3 is 0 Å². The topological polar surface area (TPSA) is 87.4 Å². The molecule has 5 N–H and O–H groups in total. The minimum atomic E-state index is -0.479. The highest BCUT2D eigenvalue weighted by Gasteiger charge is 2.28. The number of hydrogen-bond donors (Lipinski definition) is 4. The van der Waals surface area contributed by atoms with Gasteiger partial charge in [0.05, 0.1) is 12.6 Å². The van der Waals surface area contributed by atoms with Crippen molar-refractivity contribution in [3.63, 3.8) is 0 Å². The van der Waals surface area contributed by atoms with Crippen molar-refractivity contribution in [1.82, 2.24) is 10.6 Å². The number of hydrogen-bond acceptors (Lipinski definition) is 4. The molecule has 5 heteroatoms. The Morgan fingerprint density at radius 1 is 1.33 bits per heavy atom. The molecule has 108 valence electrons. The van der Waals surface area contributed by atoms with E-state index in [1.54, 1.807) is 0 Å². The van der Waals surface area contributed by atoms with Crippen LogP contribution >= 0.6 is 0 Å². The van der Waals surface area contributed by atoms with Crippen LogP contribution in [0.2, 0.25) is 0 Å². The molecule has 2 unspecified atom stereocenters. The summed E-state index contributed by atoms with van der Waals surface area (Å²) in [6.45, 7) is 11.3. The minimum absolute atomic E-state index is 0.0126. The molecule has 0 saturated heterocycles. The molecule has 5 nitrogen and oxygen atoms in total. The van der Waals surface area contributed by atoms with Gasteiger partial charge in [-0.25, -0.2) is 0 Å². The average Bonchev–Trinajstić information content (AvgIpc) is 2.25. The lowest BCUT2D eigenvalue weighted by molar-refractivity contribution is -0.124. The van der Waals surface area contributed by atoms with E-state index < -0.39 is 6.04 Å². The Labute approximate surface area is 111 Å². The van der Waals surface area contributed by atoms with Gasteiger partial charge in [0, 0.05) is 19.1 Å². The van der Waals surface area contributed by atoms with Crippen molar-refractivity contribution < 1.29 is 9.90 Å². The monoisotopic (exact) mass is 259 g/mol. The lowest BCUT2D eigenvalue weighted by atomic mass is 9.86. The van der Waals surface area contributed by atoms with Crippen molar-refractivity contribution in [2.75, 3.05) is 19.7 Å². The molecule has 0 rings (SSSR count). The van der Waals surface area contributed by atoms with Gasteiger partial charge in [-0.3, -0.25) is 4.79 Å². The summed E-state index contributed by atoms with van der Waals surface area (Å²) in [6.07, 6.45) is 0. The van der Waals surface area contributed by atoms with Crippen molar-refractivity contribution in [3.05, 3.63) is 0 Å². The molecular formula is C13H29N3O2. The molecule has 0 spiro atoms. The number of aliphatic hydroxyl groups is 1. The van der Waals surface area contributed by atoms with Gasteiger partial charge in [-0.1, -0.05) is 34.6 Å². The first kappa shape index (κ1) is 17.4. The van der Waals surface area contributed by atoms with Gasteiger partial charge in [-0.2, -0.15) is 0 Å². The van der Waals surface area contributed by atoms with Crippen LogP contribution in [-0.4, -0.2) is 42.8 Å². The maximum absolute atomic E-state index is 12.0. The molecule has 0 aromatic heterocycles. The maximum atomic E-state index is 12.0. The van der Waals surface area contributed by atoms with E-state index in [4.69, 9.17) is 10.8 Å². The van der Waals surface area contributed by atoms with E-state index in [2.05, 4.69) is 31.4 Å². The second kappa shape index (κ2) is 7.71. The Bertz CT molecular complexity index is 249. The molecule has 0 aromatic carbocycles. The van der Waals surface area contributed by atoms with Crippen LogP contribution in [0.5, 0.6) is 0 Å². The minimum Gasteiger partial charge on any atom is -0.395 e. The summed E-state index contributed by atoms with van der Waals surface area (Å²) >= 11 is 0. The lowest BCUT2D eigenvalue weighted by Crippen LogP contribution is -2.55. The fraction of sp³-hybridized carbons (Fsp3) is 0.923. The standard InChI is InChI=1S/C13H29N3O2/c1-9(2)11(14)12(18)16-10(13(3,4)5)8-15-6-7-17/h9-11,15,17H,6-8,14H2,1-5H3,(H,16,18). The first-order valence-corrected chi connectivity index (χ1v) is 6.57. The zero-order valence-corrected chi connectivity index (χ0v) is 12.3. The normalized spacial score (nSPS) is 15.6. The summed E-state index contributed by atoms with van der Waals surface area (Å²) in [5.74, 6) is 0.00624. The van der Waals surface area contributed by atoms with E-state index in [1.807, 2.05) is 13.8 Å². The van der Waals surface area contributed by atoms with Gasteiger partial charge < -0.3 is 21.5 Å². The first-order chi connectivity index (χ1) is 8.20. The van der Waals surface area contributed by atoms with Gasteiger partial charge in [0.1, 0.15) is 0 Å². The number of amides is 1. The smallest absolute Gasteiger partial charge is 0.237 e. The predicted molar refractivity (Wildman–Crippen MR) is 74.2 cm³/mol. The summed E-state index contributed by atoms with van der Waals surface area (Å²) in [4.78, 5) is 12.0. The molecule has 0 fully saturated rings. The summed E-state index contributed by atoms with van der Waals surface area (Å²) < 4.78 is 0. The third-order valence-electron chi connectivity index (χ3n) is 3.02. The summed E-state index contributed by atoms with van der Waals surface area (Å²) in [6, 6.07) is -0.492. The molecule has 0 aliphatic heterocycles. The molecule has 0 aliphatic carbocycles. The van der Waals surface area contributed by atoms with Crippen molar-refractivity contribution in [2.24, 2.45) is 17.1 Å². The van der Waals surface area contributed by atoms with E-state index in [1.165, 1.54) is 0 Å². The average molecular weight is 259 g/mol. The Hall–Kier alpha value is -0.650. The van der Waals surface area contributed by atoms with Crippen molar-refractivity contribution in [3.8, 4) is 0 Å². The van der Waals surface area contributed by atoms with Crippen LogP contribution in [0.1, 0.15) is 34.6 Å². The molecule has 0 aromatic rings. The number of aliphatic hydroxyl groups excluding tert-OH is 1. The Kier molecular flexibility index (Phi) is 7.43. The highest BCUT2D eigenvalue weighted by atomic mass is 16.3. The van der Waals surface area contributed by atoms with Crippen LogP contribution < -0.4 is 16.4 Å². The maximum Gasteiger partial charge on any atom is 0.237 e. The summed E-state index contributed by atoms with van der Waals surface area (Å²) in [5, 5.41) is 14.9. The SMILES string of the molecule is CC(C)C(N)C(=O)NC(CNCCO)C(C)(C)C. The lowest BCUT2D eigenvalue weighted by Gasteiger charge is -2.33. The van der Waals surface area contributed by atoms with E-state index in [9.17, 15) is 4.79 Å². The fourth-order valence-electron chi connectivity index (χ4n) is 1.47. The zero-order valence-electron chi connectivity index (χ0n) is 12.3. The van der Waals surface area contributed by atoms with Crippen LogP contribution in [0.3, 0.4) is 0 Å². The number of nitrogens with one attached hydrogen (secondary N) is 2. The van der Waals surface area contributed by atoms with Gasteiger partial charge in [-0.15, -0.1) is 0 Å². The summed E-state index contributed by atoms with van der Waals surface area (Å²) in [5.41, 5.74) is 5.77. The molecule has 0 heterocycles. The first-order valence-electron chi connectivity index (χ1n) is 6.57. The van der Waals surface area contributed by atoms with Crippen LogP contribution in [-0.2, 0) is 4.79 Å². The second-order valence-corrected chi connectivity index (χ2v) is 6.12. The van der Waals surface area contributed by atoms with Gasteiger partial charge in [0.2, 0.25) is 5.91 Å². The fourth-order valence-corrected chi connectivity index (χ4v) is 1.47. The quantitative estimate of drug-likeness (QED) is 0.488. The molecule has 1 amide bonds. The largest absolute Gasteiger partial charge is 0.395 e. The highest BCUT2D eigenvalue weighted by molar-refractivity contribution is 5.82. The van der Waals surface area contributed by atoms with E-state index in [0.29, 0.717) is 13.1 Å². The molecule has 18 heavy (non-hydrogen) atoms. The molecule has 0 radical (unpaired) electrons. The Balaban J connectivity index is 4.45. The highest BCUT2D eigenvalue weighted by Crippen LogP contribution is 2.19. The van der Waals surface area contributed by atoms with Gasteiger partial charge in [-0.05, 0) is 11.3 Å². The predicted octanol–water partition coefficient (Wildman–Crippen LogP) is 0.0825.